The van der Waals surface area contributed by atoms with Crippen LogP contribution in [0, 0.1) is 24.7 Å². The molecule has 3 heteroatoms. The number of benzene rings is 1. The highest BCUT2D eigenvalue weighted by atomic mass is 16.4. The van der Waals surface area contributed by atoms with Crippen LogP contribution in [0.3, 0.4) is 0 Å². The second-order valence-electron chi connectivity index (χ2n) is 6.92. The molecule has 1 aromatic rings. The van der Waals surface area contributed by atoms with Crippen LogP contribution >= 0.6 is 0 Å². The Morgan fingerprint density at radius 1 is 1.43 bits per heavy atom. The summed E-state index contributed by atoms with van der Waals surface area (Å²) in [6.07, 6.45) is 1.23. The van der Waals surface area contributed by atoms with Crippen LogP contribution in [-0.4, -0.2) is 28.6 Å². The van der Waals surface area contributed by atoms with Crippen molar-refractivity contribution < 1.29 is 9.90 Å². The Balaban J connectivity index is 2.16. The second kappa shape index (κ2) is 6.61. The number of nitrogens with zero attached hydrogens (tertiary/aromatic N) is 1. The third-order valence-electron chi connectivity index (χ3n) is 4.49. The first-order valence-electron chi connectivity index (χ1n) is 7.91. The minimum atomic E-state index is -0.703. The van der Waals surface area contributed by atoms with E-state index in [0.29, 0.717) is 5.92 Å². The summed E-state index contributed by atoms with van der Waals surface area (Å²) in [5.74, 6) is 0.814. The summed E-state index contributed by atoms with van der Waals surface area (Å²) in [5.41, 5.74) is 2.43. The molecule has 1 fully saturated rings. The first-order chi connectivity index (χ1) is 9.88. The molecule has 1 aromatic carbocycles. The Bertz CT molecular complexity index is 498. The molecule has 1 N–H and O–H groups in total. The summed E-state index contributed by atoms with van der Waals surface area (Å²) in [6, 6.07) is 7.97. The van der Waals surface area contributed by atoms with Crippen molar-refractivity contribution in [2.75, 3.05) is 6.54 Å². The normalized spacial score (nSPS) is 22.6. The van der Waals surface area contributed by atoms with E-state index in [1.807, 2.05) is 19.9 Å². The van der Waals surface area contributed by atoms with Crippen LogP contribution in [0.5, 0.6) is 0 Å². The van der Waals surface area contributed by atoms with E-state index in [-0.39, 0.29) is 5.92 Å². The highest BCUT2D eigenvalue weighted by molar-refractivity contribution is 5.73. The number of carboxylic acids is 1. The molecule has 3 atom stereocenters. The zero-order valence-corrected chi connectivity index (χ0v) is 13.5. The SMILES string of the molecule is Cc1cccc(CN(CC2CC2C)C(C(=O)O)C(C)C)c1. The van der Waals surface area contributed by atoms with Gasteiger partial charge < -0.3 is 5.11 Å². The largest absolute Gasteiger partial charge is 0.480 e. The van der Waals surface area contributed by atoms with Crippen molar-refractivity contribution in [2.45, 2.75) is 46.7 Å². The Labute approximate surface area is 128 Å². The van der Waals surface area contributed by atoms with Gasteiger partial charge in [0.25, 0.3) is 0 Å². The summed E-state index contributed by atoms with van der Waals surface area (Å²) in [5, 5.41) is 9.60. The van der Waals surface area contributed by atoms with Gasteiger partial charge in [0, 0.05) is 13.1 Å². The fraction of sp³-hybridized carbons (Fsp3) is 0.611. The Hall–Kier alpha value is -1.35. The van der Waals surface area contributed by atoms with Gasteiger partial charge in [0.15, 0.2) is 0 Å². The molecule has 1 saturated carbocycles. The van der Waals surface area contributed by atoms with Crippen molar-refractivity contribution in [1.82, 2.24) is 4.90 Å². The average molecular weight is 289 g/mol. The standard InChI is InChI=1S/C18H27NO2/c1-12(2)17(18(20)21)19(11-16-9-14(16)4)10-15-7-5-6-13(3)8-15/h5-8,12,14,16-17H,9-11H2,1-4H3,(H,20,21). The van der Waals surface area contributed by atoms with Gasteiger partial charge in [-0.25, -0.2) is 0 Å². The third-order valence-corrected chi connectivity index (χ3v) is 4.49. The Morgan fingerprint density at radius 3 is 2.57 bits per heavy atom. The number of aliphatic carboxylic acids is 1. The van der Waals surface area contributed by atoms with Gasteiger partial charge in [0.05, 0.1) is 0 Å². The molecular formula is C18H27NO2. The minimum Gasteiger partial charge on any atom is -0.480 e. The molecule has 2 rings (SSSR count). The van der Waals surface area contributed by atoms with Crippen LogP contribution < -0.4 is 0 Å². The topological polar surface area (TPSA) is 40.5 Å². The van der Waals surface area contributed by atoms with Gasteiger partial charge in [-0.3, -0.25) is 9.69 Å². The molecule has 0 amide bonds. The maximum absolute atomic E-state index is 11.7. The molecule has 0 bridgehead atoms. The van der Waals surface area contributed by atoms with Gasteiger partial charge in [0.1, 0.15) is 6.04 Å². The van der Waals surface area contributed by atoms with Crippen molar-refractivity contribution in [3.05, 3.63) is 35.4 Å². The number of hydrogen-bond acceptors (Lipinski definition) is 2. The van der Waals surface area contributed by atoms with Gasteiger partial charge in [-0.2, -0.15) is 0 Å². The summed E-state index contributed by atoms with van der Waals surface area (Å²) < 4.78 is 0. The molecule has 0 heterocycles. The maximum atomic E-state index is 11.7. The van der Waals surface area contributed by atoms with Crippen LogP contribution in [-0.2, 0) is 11.3 Å². The van der Waals surface area contributed by atoms with Crippen molar-refractivity contribution in [3.63, 3.8) is 0 Å². The van der Waals surface area contributed by atoms with Gasteiger partial charge in [-0.15, -0.1) is 0 Å². The molecule has 0 saturated heterocycles. The van der Waals surface area contributed by atoms with Gasteiger partial charge in [-0.05, 0) is 36.7 Å². The van der Waals surface area contributed by atoms with Crippen molar-refractivity contribution >= 4 is 5.97 Å². The quantitative estimate of drug-likeness (QED) is 0.834. The molecular weight excluding hydrogens is 262 g/mol. The molecule has 3 unspecified atom stereocenters. The Kier molecular flexibility index (Phi) is 5.04. The lowest BCUT2D eigenvalue weighted by atomic mass is 10.0. The molecule has 0 aromatic heterocycles. The third kappa shape index (κ3) is 4.31. The van der Waals surface area contributed by atoms with E-state index < -0.39 is 12.0 Å². The van der Waals surface area contributed by atoms with Gasteiger partial charge in [-0.1, -0.05) is 50.6 Å². The maximum Gasteiger partial charge on any atom is 0.321 e. The number of carbonyl (C=O) groups is 1. The molecule has 116 valence electrons. The summed E-state index contributed by atoms with van der Waals surface area (Å²) >= 11 is 0. The van der Waals surface area contributed by atoms with E-state index in [4.69, 9.17) is 0 Å². The first kappa shape index (κ1) is 16.0. The lowest BCUT2D eigenvalue weighted by Gasteiger charge is -2.31. The predicted octanol–water partition coefficient (Wildman–Crippen LogP) is 3.56. The molecule has 1 aliphatic rings. The van der Waals surface area contributed by atoms with Crippen molar-refractivity contribution in [2.24, 2.45) is 17.8 Å². The number of carboxylic acid groups (broad SMARTS) is 1. The fourth-order valence-corrected chi connectivity index (χ4v) is 3.14. The summed E-state index contributed by atoms with van der Waals surface area (Å²) in [6.45, 7) is 9.94. The van der Waals surface area contributed by atoms with E-state index in [1.54, 1.807) is 0 Å². The average Bonchev–Trinajstić information content (AvgIpc) is 3.03. The van der Waals surface area contributed by atoms with Crippen LogP contribution in [0.1, 0.15) is 38.3 Å². The van der Waals surface area contributed by atoms with Crippen molar-refractivity contribution in [1.29, 1.82) is 0 Å². The molecule has 1 aliphatic carbocycles. The lowest BCUT2D eigenvalue weighted by molar-refractivity contribution is -0.145. The number of hydrogen-bond donors (Lipinski definition) is 1. The molecule has 3 nitrogen and oxygen atoms in total. The van der Waals surface area contributed by atoms with Gasteiger partial charge in [0.2, 0.25) is 0 Å². The number of rotatable bonds is 7. The van der Waals surface area contributed by atoms with Crippen LogP contribution in [0.15, 0.2) is 24.3 Å². The van der Waals surface area contributed by atoms with Crippen molar-refractivity contribution in [3.8, 4) is 0 Å². The fourth-order valence-electron chi connectivity index (χ4n) is 3.14. The minimum absolute atomic E-state index is 0.112. The van der Waals surface area contributed by atoms with E-state index in [1.165, 1.54) is 17.5 Å². The van der Waals surface area contributed by atoms with Crippen LogP contribution in [0.2, 0.25) is 0 Å². The van der Waals surface area contributed by atoms with Crippen LogP contribution in [0.25, 0.3) is 0 Å². The summed E-state index contributed by atoms with van der Waals surface area (Å²) in [7, 11) is 0. The highest BCUT2D eigenvalue weighted by Crippen LogP contribution is 2.39. The van der Waals surface area contributed by atoms with E-state index in [0.717, 1.165) is 19.0 Å². The molecule has 0 aliphatic heterocycles. The lowest BCUT2D eigenvalue weighted by Crippen LogP contribution is -2.45. The smallest absolute Gasteiger partial charge is 0.321 e. The molecule has 21 heavy (non-hydrogen) atoms. The van der Waals surface area contributed by atoms with E-state index in [2.05, 4.69) is 36.9 Å². The van der Waals surface area contributed by atoms with Crippen LogP contribution in [0.4, 0.5) is 0 Å². The predicted molar refractivity (Wildman–Crippen MR) is 85.1 cm³/mol. The monoisotopic (exact) mass is 289 g/mol. The van der Waals surface area contributed by atoms with E-state index >= 15 is 0 Å². The zero-order chi connectivity index (χ0) is 15.6. The summed E-state index contributed by atoms with van der Waals surface area (Å²) in [4.78, 5) is 13.8. The second-order valence-corrected chi connectivity index (χ2v) is 6.92. The Morgan fingerprint density at radius 2 is 2.10 bits per heavy atom. The zero-order valence-electron chi connectivity index (χ0n) is 13.5. The van der Waals surface area contributed by atoms with Gasteiger partial charge >= 0.3 is 5.97 Å². The molecule has 0 radical (unpaired) electrons. The highest BCUT2D eigenvalue weighted by Gasteiger charge is 2.38. The number of aryl methyl sites for hydroxylation is 1. The first-order valence-corrected chi connectivity index (χ1v) is 7.91. The molecule has 0 spiro atoms. The van der Waals surface area contributed by atoms with E-state index in [9.17, 15) is 9.90 Å².